The normalized spacial score (nSPS) is 29.7. The number of hydrogen-bond donors (Lipinski definition) is 1. The number of ether oxygens (including phenoxy) is 1. The van der Waals surface area contributed by atoms with Gasteiger partial charge in [-0.2, -0.15) is 0 Å². The fourth-order valence-electron chi connectivity index (χ4n) is 3.55. The van der Waals surface area contributed by atoms with Crippen molar-refractivity contribution in [2.75, 3.05) is 34.4 Å². The Balaban J connectivity index is 2.62. The third-order valence-corrected chi connectivity index (χ3v) is 5.26. The third-order valence-electron chi connectivity index (χ3n) is 5.26. The summed E-state index contributed by atoms with van der Waals surface area (Å²) in [6.07, 6.45) is 4.03. The van der Waals surface area contributed by atoms with Gasteiger partial charge in [0.15, 0.2) is 0 Å². The first-order chi connectivity index (χ1) is 9.29. The second kappa shape index (κ2) is 7.77. The second-order valence-corrected chi connectivity index (χ2v) is 7.78. The van der Waals surface area contributed by atoms with Crippen molar-refractivity contribution in [3.63, 3.8) is 0 Å². The Morgan fingerprint density at radius 3 is 2.45 bits per heavy atom. The lowest BCUT2D eigenvalue weighted by Crippen LogP contribution is -2.47. The maximum Gasteiger partial charge on any atom is 0.0615 e. The molecule has 3 heteroatoms. The fraction of sp³-hybridized carbons (Fsp3) is 1.00. The maximum atomic E-state index is 5.29. The van der Waals surface area contributed by atoms with Crippen LogP contribution in [0, 0.1) is 17.3 Å². The first-order valence-electron chi connectivity index (χ1n) is 8.16. The zero-order chi connectivity index (χ0) is 15.3. The smallest absolute Gasteiger partial charge is 0.0615 e. The number of nitrogens with zero attached hydrogens (tertiary/aromatic N) is 1. The topological polar surface area (TPSA) is 24.5 Å². The van der Waals surface area contributed by atoms with E-state index in [4.69, 9.17) is 4.74 Å². The van der Waals surface area contributed by atoms with E-state index >= 15 is 0 Å². The van der Waals surface area contributed by atoms with Gasteiger partial charge < -0.3 is 15.0 Å². The van der Waals surface area contributed by atoms with Gasteiger partial charge in [-0.25, -0.2) is 0 Å². The van der Waals surface area contributed by atoms with Crippen molar-refractivity contribution in [3.8, 4) is 0 Å². The Hall–Kier alpha value is -0.120. The number of methoxy groups -OCH3 is 1. The van der Waals surface area contributed by atoms with Gasteiger partial charge in [-0.05, 0) is 57.5 Å². The third kappa shape index (κ3) is 5.01. The van der Waals surface area contributed by atoms with Crippen LogP contribution in [0.2, 0.25) is 0 Å². The van der Waals surface area contributed by atoms with Crippen molar-refractivity contribution in [2.45, 2.75) is 59.0 Å². The Morgan fingerprint density at radius 2 is 1.95 bits per heavy atom. The molecule has 0 aromatic rings. The molecule has 1 rings (SSSR count). The summed E-state index contributed by atoms with van der Waals surface area (Å²) in [5.74, 6) is 1.60. The highest BCUT2D eigenvalue weighted by Gasteiger charge is 2.35. The fourth-order valence-corrected chi connectivity index (χ4v) is 3.55. The molecule has 4 unspecified atom stereocenters. The van der Waals surface area contributed by atoms with Crippen LogP contribution in [0.1, 0.15) is 47.0 Å². The highest BCUT2D eigenvalue weighted by molar-refractivity contribution is 4.90. The predicted molar refractivity (Wildman–Crippen MR) is 87.1 cm³/mol. The molecule has 0 aliphatic heterocycles. The maximum absolute atomic E-state index is 5.29. The zero-order valence-electron chi connectivity index (χ0n) is 14.7. The molecule has 0 radical (unpaired) electrons. The van der Waals surface area contributed by atoms with E-state index in [0.717, 1.165) is 18.4 Å². The van der Waals surface area contributed by atoms with Gasteiger partial charge in [0.05, 0.1) is 6.61 Å². The van der Waals surface area contributed by atoms with Gasteiger partial charge in [-0.3, -0.25) is 0 Å². The first-order valence-corrected chi connectivity index (χ1v) is 8.16. The summed E-state index contributed by atoms with van der Waals surface area (Å²) in [5.41, 5.74) is 0.438. The average molecular weight is 284 g/mol. The minimum absolute atomic E-state index is 0.438. The van der Waals surface area contributed by atoms with Crippen molar-refractivity contribution in [1.29, 1.82) is 0 Å². The van der Waals surface area contributed by atoms with Gasteiger partial charge in [0, 0.05) is 25.7 Å². The summed E-state index contributed by atoms with van der Waals surface area (Å²) < 4.78 is 5.29. The lowest BCUT2D eigenvalue weighted by atomic mass is 9.67. The molecule has 0 saturated heterocycles. The lowest BCUT2D eigenvalue weighted by molar-refractivity contribution is 0.0656. The monoisotopic (exact) mass is 284 g/mol. The molecule has 0 spiro atoms. The van der Waals surface area contributed by atoms with Crippen molar-refractivity contribution in [3.05, 3.63) is 0 Å². The van der Waals surface area contributed by atoms with E-state index in [2.05, 4.69) is 52.0 Å². The van der Waals surface area contributed by atoms with E-state index in [-0.39, 0.29) is 0 Å². The highest BCUT2D eigenvalue weighted by atomic mass is 16.5. The minimum atomic E-state index is 0.438. The molecule has 0 amide bonds. The number of hydrogen-bond acceptors (Lipinski definition) is 3. The van der Waals surface area contributed by atoms with Crippen molar-refractivity contribution < 1.29 is 4.74 Å². The summed E-state index contributed by atoms with van der Waals surface area (Å²) >= 11 is 0. The van der Waals surface area contributed by atoms with E-state index in [1.807, 2.05) is 0 Å². The molecule has 0 heterocycles. The Labute approximate surface area is 126 Å². The van der Waals surface area contributed by atoms with Crippen LogP contribution in [0.4, 0.5) is 0 Å². The molecule has 0 aromatic carbocycles. The molecule has 1 saturated carbocycles. The molecule has 20 heavy (non-hydrogen) atoms. The second-order valence-electron chi connectivity index (χ2n) is 7.78. The summed E-state index contributed by atoms with van der Waals surface area (Å²) in [6, 6.07) is 1.17. The van der Waals surface area contributed by atoms with Crippen LogP contribution in [-0.2, 0) is 4.74 Å². The molecular formula is C17H36N2O. The number of rotatable bonds is 6. The molecule has 0 aromatic heterocycles. The van der Waals surface area contributed by atoms with E-state index in [9.17, 15) is 0 Å². The Morgan fingerprint density at radius 1 is 1.30 bits per heavy atom. The van der Waals surface area contributed by atoms with E-state index in [1.54, 1.807) is 7.11 Å². The standard InChI is InChI=1S/C17H36N2O/c1-13(12-20-7)19(6)11-14-10-15(17(2,3)4)8-9-16(14)18-5/h13-16,18H,8-12H2,1-7H3. The summed E-state index contributed by atoms with van der Waals surface area (Å²) in [6.45, 7) is 11.4. The molecule has 1 aliphatic rings. The van der Waals surface area contributed by atoms with Crippen LogP contribution in [0.5, 0.6) is 0 Å². The predicted octanol–water partition coefficient (Wildman–Crippen LogP) is 3.00. The van der Waals surface area contributed by atoms with Crippen LogP contribution >= 0.6 is 0 Å². The minimum Gasteiger partial charge on any atom is -0.383 e. The SMILES string of the molecule is CNC1CCC(C(C)(C)C)CC1CN(C)C(C)COC. The molecule has 120 valence electrons. The van der Waals surface area contributed by atoms with Crippen molar-refractivity contribution in [2.24, 2.45) is 17.3 Å². The Kier molecular flexibility index (Phi) is 6.96. The molecule has 1 aliphatic carbocycles. The summed E-state index contributed by atoms with van der Waals surface area (Å²) in [7, 11) is 6.14. The molecule has 1 fully saturated rings. The van der Waals surface area contributed by atoms with Crippen LogP contribution in [-0.4, -0.2) is 51.3 Å². The largest absolute Gasteiger partial charge is 0.383 e. The molecule has 4 atom stereocenters. The quantitative estimate of drug-likeness (QED) is 0.811. The van der Waals surface area contributed by atoms with Gasteiger partial charge in [0.2, 0.25) is 0 Å². The van der Waals surface area contributed by atoms with Crippen LogP contribution in [0.3, 0.4) is 0 Å². The van der Waals surface area contributed by atoms with Gasteiger partial charge in [-0.1, -0.05) is 20.8 Å². The Bertz CT molecular complexity index is 275. The van der Waals surface area contributed by atoms with Crippen LogP contribution < -0.4 is 5.32 Å². The molecule has 3 nitrogen and oxygen atoms in total. The highest BCUT2D eigenvalue weighted by Crippen LogP contribution is 2.40. The van der Waals surface area contributed by atoms with Gasteiger partial charge >= 0.3 is 0 Å². The number of likely N-dealkylation sites (N-methyl/N-ethyl adjacent to an activating group) is 1. The summed E-state index contributed by atoms with van der Waals surface area (Å²) in [5, 5.41) is 3.54. The van der Waals surface area contributed by atoms with E-state index in [0.29, 0.717) is 17.5 Å². The molecular weight excluding hydrogens is 248 g/mol. The summed E-state index contributed by atoms with van der Waals surface area (Å²) in [4.78, 5) is 2.46. The zero-order valence-corrected chi connectivity index (χ0v) is 14.7. The van der Waals surface area contributed by atoms with Crippen molar-refractivity contribution in [1.82, 2.24) is 10.2 Å². The van der Waals surface area contributed by atoms with Gasteiger partial charge in [0.25, 0.3) is 0 Å². The first kappa shape index (κ1) is 17.9. The van der Waals surface area contributed by atoms with Gasteiger partial charge in [0.1, 0.15) is 0 Å². The lowest BCUT2D eigenvalue weighted by Gasteiger charge is -2.43. The molecule has 0 bridgehead atoms. The van der Waals surface area contributed by atoms with Gasteiger partial charge in [-0.15, -0.1) is 0 Å². The van der Waals surface area contributed by atoms with E-state index in [1.165, 1.54) is 25.8 Å². The number of nitrogens with one attached hydrogen (secondary N) is 1. The van der Waals surface area contributed by atoms with Crippen molar-refractivity contribution >= 4 is 0 Å². The average Bonchev–Trinajstić information content (AvgIpc) is 2.37. The van der Waals surface area contributed by atoms with Crippen LogP contribution in [0.25, 0.3) is 0 Å². The van der Waals surface area contributed by atoms with E-state index < -0.39 is 0 Å². The molecule has 1 N–H and O–H groups in total. The van der Waals surface area contributed by atoms with Crippen LogP contribution in [0.15, 0.2) is 0 Å².